The Hall–Kier alpha value is -4.01. The Labute approximate surface area is 178 Å². The van der Waals surface area contributed by atoms with Crippen molar-refractivity contribution in [3.63, 3.8) is 0 Å². The summed E-state index contributed by atoms with van der Waals surface area (Å²) < 4.78 is 9.95. The van der Waals surface area contributed by atoms with E-state index in [4.69, 9.17) is 9.47 Å². The maximum Gasteiger partial charge on any atom is 0.338 e. The molecule has 0 aliphatic rings. The van der Waals surface area contributed by atoms with Crippen LogP contribution in [0, 0.1) is 10.1 Å². The molecule has 0 aliphatic heterocycles. The number of hydrogen-bond donors (Lipinski definition) is 1. The molecule has 1 N–H and O–H groups in total. The number of amides is 1. The molecule has 0 atom stereocenters. The van der Waals surface area contributed by atoms with Crippen LogP contribution in [0.25, 0.3) is 6.08 Å². The smallest absolute Gasteiger partial charge is 0.338 e. The number of nitro groups is 1. The number of nitro benzene ring substituents is 1. The minimum absolute atomic E-state index is 0.102. The minimum Gasteiger partial charge on any atom is -0.462 e. The van der Waals surface area contributed by atoms with Gasteiger partial charge in [0, 0.05) is 23.9 Å². The molecule has 9 heteroatoms. The van der Waals surface area contributed by atoms with Gasteiger partial charge in [0.15, 0.2) is 6.61 Å². The zero-order valence-electron chi connectivity index (χ0n) is 16.9. The fourth-order valence-electron chi connectivity index (χ4n) is 2.37. The molecule has 2 aromatic rings. The zero-order chi connectivity index (χ0) is 22.6. The Kier molecular flexibility index (Phi) is 8.90. The second kappa shape index (κ2) is 11.9. The maximum atomic E-state index is 11.9. The SMILES string of the molecule is CCCCOC(=O)c1ccc(NC(=O)COC(=O)/C=C/c2cccc([N+](=O)[O-])c2)cc1. The standard InChI is InChI=1S/C22H22N2O7/c1-2-3-13-30-22(27)17-8-10-18(11-9-17)23-20(25)15-31-21(26)12-7-16-5-4-6-19(14-16)24(28)29/h4-12,14H,2-3,13,15H2,1H3,(H,23,25)/b12-7+. The normalized spacial score (nSPS) is 10.5. The number of hydrogen-bond acceptors (Lipinski definition) is 7. The van der Waals surface area contributed by atoms with Gasteiger partial charge in [0.1, 0.15) is 0 Å². The fraction of sp³-hybridized carbons (Fsp3) is 0.227. The quantitative estimate of drug-likeness (QED) is 0.202. The number of ether oxygens (including phenoxy) is 2. The van der Waals surface area contributed by atoms with Crippen molar-refractivity contribution < 1.29 is 28.8 Å². The first-order valence-electron chi connectivity index (χ1n) is 9.55. The fourth-order valence-corrected chi connectivity index (χ4v) is 2.37. The number of anilines is 1. The largest absolute Gasteiger partial charge is 0.462 e. The van der Waals surface area contributed by atoms with E-state index >= 15 is 0 Å². The highest BCUT2D eigenvalue weighted by molar-refractivity contribution is 5.95. The predicted molar refractivity (Wildman–Crippen MR) is 113 cm³/mol. The van der Waals surface area contributed by atoms with Gasteiger partial charge in [-0.05, 0) is 42.3 Å². The van der Waals surface area contributed by atoms with E-state index in [1.165, 1.54) is 36.4 Å². The molecule has 0 unspecified atom stereocenters. The van der Waals surface area contributed by atoms with E-state index in [9.17, 15) is 24.5 Å². The summed E-state index contributed by atoms with van der Waals surface area (Å²) >= 11 is 0. The summed E-state index contributed by atoms with van der Waals surface area (Å²) in [5, 5.41) is 13.3. The summed E-state index contributed by atoms with van der Waals surface area (Å²) in [7, 11) is 0. The van der Waals surface area contributed by atoms with Gasteiger partial charge in [-0.3, -0.25) is 14.9 Å². The van der Waals surface area contributed by atoms with E-state index in [1.807, 2.05) is 6.92 Å². The molecule has 31 heavy (non-hydrogen) atoms. The molecule has 1 amide bonds. The Balaban J connectivity index is 1.79. The van der Waals surface area contributed by atoms with Crippen LogP contribution >= 0.6 is 0 Å². The van der Waals surface area contributed by atoms with Crippen LogP contribution in [-0.4, -0.2) is 36.0 Å². The van der Waals surface area contributed by atoms with Crippen molar-refractivity contribution in [3.8, 4) is 0 Å². The summed E-state index contributed by atoms with van der Waals surface area (Å²) in [5.41, 5.74) is 1.14. The van der Waals surface area contributed by atoms with Crippen molar-refractivity contribution in [2.75, 3.05) is 18.5 Å². The third-order valence-electron chi connectivity index (χ3n) is 3.97. The first kappa shape index (κ1) is 23.3. The summed E-state index contributed by atoms with van der Waals surface area (Å²) in [4.78, 5) is 45.7. The van der Waals surface area contributed by atoms with Crippen molar-refractivity contribution in [1.82, 2.24) is 0 Å². The molecule has 0 saturated heterocycles. The number of nitrogens with one attached hydrogen (secondary N) is 1. The van der Waals surface area contributed by atoms with Crippen LogP contribution < -0.4 is 5.32 Å². The highest BCUT2D eigenvalue weighted by Crippen LogP contribution is 2.14. The van der Waals surface area contributed by atoms with E-state index in [-0.39, 0.29) is 5.69 Å². The molecule has 2 rings (SSSR count). The maximum absolute atomic E-state index is 11.9. The third-order valence-corrected chi connectivity index (χ3v) is 3.97. The zero-order valence-corrected chi connectivity index (χ0v) is 16.9. The van der Waals surface area contributed by atoms with Gasteiger partial charge in [0.25, 0.3) is 11.6 Å². The highest BCUT2D eigenvalue weighted by Gasteiger charge is 2.09. The number of esters is 2. The molecule has 0 aliphatic carbocycles. The third kappa shape index (κ3) is 8.09. The van der Waals surface area contributed by atoms with Crippen LogP contribution in [0.15, 0.2) is 54.6 Å². The number of carbonyl (C=O) groups excluding carboxylic acids is 3. The van der Waals surface area contributed by atoms with Crippen molar-refractivity contribution >= 4 is 35.3 Å². The van der Waals surface area contributed by atoms with Crippen molar-refractivity contribution in [2.45, 2.75) is 19.8 Å². The number of carbonyl (C=O) groups is 3. The number of benzene rings is 2. The van der Waals surface area contributed by atoms with E-state index in [1.54, 1.807) is 18.2 Å². The Bertz CT molecular complexity index is 968. The first-order valence-corrected chi connectivity index (χ1v) is 9.55. The van der Waals surface area contributed by atoms with Crippen LogP contribution in [0.1, 0.15) is 35.7 Å². The van der Waals surface area contributed by atoms with E-state index in [0.717, 1.165) is 18.9 Å². The molecular weight excluding hydrogens is 404 g/mol. The number of unbranched alkanes of at least 4 members (excludes halogenated alkanes) is 1. The van der Waals surface area contributed by atoms with Gasteiger partial charge in [0.05, 0.1) is 17.1 Å². The minimum atomic E-state index is -0.771. The van der Waals surface area contributed by atoms with Gasteiger partial charge in [-0.25, -0.2) is 9.59 Å². The highest BCUT2D eigenvalue weighted by atomic mass is 16.6. The molecule has 0 radical (unpaired) electrons. The van der Waals surface area contributed by atoms with E-state index in [0.29, 0.717) is 23.4 Å². The second-order valence-electron chi connectivity index (χ2n) is 6.41. The van der Waals surface area contributed by atoms with Crippen LogP contribution in [0.4, 0.5) is 11.4 Å². The topological polar surface area (TPSA) is 125 Å². The Morgan fingerprint density at radius 3 is 2.52 bits per heavy atom. The molecule has 2 aromatic carbocycles. The molecule has 162 valence electrons. The van der Waals surface area contributed by atoms with Crippen molar-refractivity contribution in [2.24, 2.45) is 0 Å². The summed E-state index contributed by atoms with van der Waals surface area (Å²) in [6.45, 7) is 1.84. The van der Waals surface area contributed by atoms with Crippen LogP contribution in [-0.2, 0) is 19.1 Å². The molecule has 0 bridgehead atoms. The number of rotatable bonds is 10. The lowest BCUT2D eigenvalue weighted by molar-refractivity contribution is -0.384. The molecule has 9 nitrogen and oxygen atoms in total. The Morgan fingerprint density at radius 2 is 1.84 bits per heavy atom. The lowest BCUT2D eigenvalue weighted by Crippen LogP contribution is -2.20. The van der Waals surface area contributed by atoms with Gasteiger partial charge in [0.2, 0.25) is 0 Å². The van der Waals surface area contributed by atoms with E-state index < -0.39 is 29.4 Å². The summed E-state index contributed by atoms with van der Waals surface area (Å²) in [6, 6.07) is 11.9. The van der Waals surface area contributed by atoms with Crippen LogP contribution in [0.5, 0.6) is 0 Å². The molecule has 0 aromatic heterocycles. The second-order valence-corrected chi connectivity index (χ2v) is 6.41. The summed E-state index contributed by atoms with van der Waals surface area (Å²) in [5.74, 6) is -1.77. The average molecular weight is 426 g/mol. The van der Waals surface area contributed by atoms with Crippen LogP contribution in [0.3, 0.4) is 0 Å². The lowest BCUT2D eigenvalue weighted by atomic mass is 10.2. The Morgan fingerprint density at radius 1 is 1.10 bits per heavy atom. The van der Waals surface area contributed by atoms with Crippen molar-refractivity contribution in [1.29, 1.82) is 0 Å². The van der Waals surface area contributed by atoms with Crippen LogP contribution in [0.2, 0.25) is 0 Å². The van der Waals surface area contributed by atoms with Crippen molar-refractivity contribution in [3.05, 3.63) is 75.8 Å². The number of nitrogens with zero attached hydrogens (tertiary/aromatic N) is 1. The van der Waals surface area contributed by atoms with Gasteiger partial charge in [-0.1, -0.05) is 25.5 Å². The molecule has 0 saturated carbocycles. The van der Waals surface area contributed by atoms with E-state index in [2.05, 4.69) is 5.32 Å². The van der Waals surface area contributed by atoms with Gasteiger partial charge >= 0.3 is 11.9 Å². The molecule has 0 heterocycles. The number of non-ortho nitro benzene ring substituents is 1. The molecular formula is C22H22N2O7. The lowest BCUT2D eigenvalue weighted by Gasteiger charge is -2.07. The molecule has 0 fully saturated rings. The summed E-state index contributed by atoms with van der Waals surface area (Å²) in [6.07, 6.45) is 4.14. The van der Waals surface area contributed by atoms with Gasteiger partial charge in [-0.15, -0.1) is 0 Å². The average Bonchev–Trinajstić information content (AvgIpc) is 2.77. The monoisotopic (exact) mass is 426 g/mol. The van der Waals surface area contributed by atoms with Gasteiger partial charge in [-0.2, -0.15) is 0 Å². The van der Waals surface area contributed by atoms with Gasteiger partial charge < -0.3 is 14.8 Å². The molecule has 0 spiro atoms. The first-order chi connectivity index (χ1) is 14.9. The predicted octanol–water partition coefficient (Wildman–Crippen LogP) is 3.75.